The Bertz CT molecular complexity index is 942. The Balaban J connectivity index is 2.06. The zero-order valence-electron chi connectivity index (χ0n) is 17.8. The highest BCUT2D eigenvalue weighted by Crippen LogP contribution is 2.16. The number of carbonyl (C=O) groups is 4. The number of thioether (sulfide) groups is 1. The molecule has 0 spiro atoms. The van der Waals surface area contributed by atoms with Crippen molar-refractivity contribution in [2.24, 2.45) is 5.73 Å². The van der Waals surface area contributed by atoms with E-state index in [4.69, 9.17) is 10.8 Å². The van der Waals surface area contributed by atoms with Crippen LogP contribution < -0.4 is 16.4 Å². The van der Waals surface area contributed by atoms with Crippen LogP contribution in [0.2, 0.25) is 0 Å². The standard InChI is InChI=1S/C23H27N3O6S/c24-17(22(29)30)11-12-19(27)25-18(14-33-13-15-7-3-1-4-8-15)21(28)26-20(23(31)32)16-9-5-2-6-10-16/h1-10,17-18,20H,11-14,24H2,(H,25,27)(H,26,28)(H,29,30)(H,31,32)/t17-,18-,20?/m0/s1. The maximum atomic E-state index is 12.9. The summed E-state index contributed by atoms with van der Waals surface area (Å²) in [4.78, 5) is 47.9. The van der Waals surface area contributed by atoms with Crippen molar-refractivity contribution in [3.05, 3.63) is 71.8 Å². The molecule has 2 rings (SSSR count). The van der Waals surface area contributed by atoms with Gasteiger partial charge in [0, 0.05) is 17.9 Å². The van der Waals surface area contributed by atoms with Gasteiger partial charge < -0.3 is 26.6 Å². The van der Waals surface area contributed by atoms with Gasteiger partial charge in [-0.15, -0.1) is 0 Å². The molecule has 0 aliphatic carbocycles. The molecule has 0 aliphatic rings. The fraction of sp³-hybridized carbons (Fsp3) is 0.304. The monoisotopic (exact) mass is 473 g/mol. The fourth-order valence-electron chi connectivity index (χ4n) is 2.90. The van der Waals surface area contributed by atoms with Crippen LogP contribution in [0.3, 0.4) is 0 Å². The van der Waals surface area contributed by atoms with E-state index in [9.17, 15) is 24.3 Å². The minimum Gasteiger partial charge on any atom is -0.480 e. The van der Waals surface area contributed by atoms with Gasteiger partial charge in [0.1, 0.15) is 12.1 Å². The molecule has 0 fully saturated rings. The van der Waals surface area contributed by atoms with Crippen molar-refractivity contribution >= 4 is 35.5 Å². The SMILES string of the molecule is N[C@@H](CCC(=O)N[C@@H](CSCc1ccccc1)C(=O)NC(C(=O)O)c1ccccc1)C(=O)O. The van der Waals surface area contributed by atoms with Crippen molar-refractivity contribution < 1.29 is 29.4 Å². The summed E-state index contributed by atoms with van der Waals surface area (Å²) in [6.07, 6.45) is -0.268. The van der Waals surface area contributed by atoms with Crippen molar-refractivity contribution in [3.63, 3.8) is 0 Å². The minimum atomic E-state index is -1.28. The van der Waals surface area contributed by atoms with Crippen LogP contribution in [-0.4, -0.2) is 51.8 Å². The molecule has 1 unspecified atom stereocenters. The molecule has 2 aromatic carbocycles. The maximum absolute atomic E-state index is 12.9. The number of carbonyl (C=O) groups excluding carboxylic acids is 2. The zero-order chi connectivity index (χ0) is 24.2. The van der Waals surface area contributed by atoms with E-state index < -0.39 is 41.9 Å². The number of nitrogens with two attached hydrogens (primary N) is 1. The Morgan fingerprint density at radius 3 is 2.06 bits per heavy atom. The van der Waals surface area contributed by atoms with E-state index in [2.05, 4.69) is 10.6 Å². The van der Waals surface area contributed by atoms with Gasteiger partial charge in [0.15, 0.2) is 6.04 Å². The highest BCUT2D eigenvalue weighted by Gasteiger charge is 2.28. The van der Waals surface area contributed by atoms with Gasteiger partial charge in [0.05, 0.1) is 0 Å². The van der Waals surface area contributed by atoms with Crippen LogP contribution in [0.15, 0.2) is 60.7 Å². The van der Waals surface area contributed by atoms with Crippen LogP contribution in [-0.2, 0) is 24.9 Å². The molecule has 9 nitrogen and oxygen atoms in total. The Hall–Kier alpha value is -3.37. The molecule has 3 atom stereocenters. The molecule has 0 radical (unpaired) electrons. The number of aliphatic carboxylic acids is 2. The number of nitrogens with one attached hydrogen (secondary N) is 2. The number of carboxylic acids is 2. The molecular weight excluding hydrogens is 446 g/mol. The molecule has 0 aliphatic heterocycles. The topological polar surface area (TPSA) is 159 Å². The van der Waals surface area contributed by atoms with Crippen molar-refractivity contribution in [3.8, 4) is 0 Å². The number of amides is 2. The number of hydrogen-bond acceptors (Lipinski definition) is 6. The highest BCUT2D eigenvalue weighted by atomic mass is 32.2. The summed E-state index contributed by atoms with van der Waals surface area (Å²) in [7, 11) is 0. The van der Waals surface area contributed by atoms with Gasteiger partial charge in [0.25, 0.3) is 0 Å². The minimum absolute atomic E-state index is 0.0889. The number of benzene rings is 2. The molecule has 0 heterocycles. The molecule has 2 amide bonds. The summed E-state index contributed by atoms with van der Waals surface area (Å²) in [5, 5.41) is 23.5. The lowest BCUT2D eigenvalue weighted by Crippen LogP contribution is -2.50. The molecule has 0 bridgehead atoms. The first-order valence-corrected chi connectivity index (χ1v) is 11.4. The summed E-state index contributed by atoms with van der Waals surface area (Å²) in [5.74, 6) is -2.86. The summed E-state index contributed by atoms with van der Waals surface area (Å²) < 4.78 is 0. The summed E-state index contributed by atoms with van der Waals surface area (Å²) >= 11 is 1.40. The Kier molecular flexibility index (Phi) is 10.4. The van der Waals surface area contributed by atoms with Crippen LogP contribution in [0.1, 0.15) is 30.0 Å². The van der Waals surface area contributed by atoms with E-state index in [1.807, 2.05) is 30.3 Å². The van der Waals surface area contributed by atoms with E-state index in [1.54, 1.807) is 30.3 Å². The maximum Gasteiger partial charge on any atom is 0.330 e. The quantitative estimate of drug-likeness (QED) is 0.293. The van der Waals surface area contributed by atoms with E-state index in [1.165, 1.54) is 11.8 Å². The molecule has 6 N–H and O–H groups in total. The number of carboxylic acid groups (broad SMARTS) is 2. The predicted octanol–water partition coefficient (Wildman–Crippen LogP) is 1.54. The average Bonchev–Trinajstić information content (AvgIpc) is 2.81. The molecular formula is C23H27N3O6S. The van der Waals surface area contributed by atoms with Gasteiger partial charge in [-0.25, -0.2) is 4.79 Å². The first-order chi connectivity index (χ1) is 15.8. The first kappa shape index (κ1) is 25.9. The highest BCUT2D eigenvalue weighted by molar-refractivity contribution is 7.98. The van der Waals surface area contributed by atoms with Gasteiger partial charge in [-0.1, -0.05) is 60.7 Å². The zero-order valence-corrected chi connectivity index (χ0v) is 18.7. The second-order valence-electron chi connectivity index (χ2n) is 7.29. The third kappa shape index (κ3) is 8.95. The van der Waals surface area contributed by atoms with Crippen LogP contribution in [0.4, 0.5) is 0 Å². The normalized spacial score (nSPS) is 13.4. The average molecular weight is 474 g/mol. The van der Waals surface area contributed by atoms with Crippen molar-refractivity contribution in [2.45, 2.75) is 36.7 Å². The van der Waals surface area contributed by atoms with Crippen LogP contribution in [0, 0.1) is 0 Å². The molecule has 2 aromatic rings. The van der Waals surface area contributed by atoms with Gasteiger partial charge in [-0.05, 0) is 17.5 Å². The number of rotatable bonds is 13. The fourth-order valence-corrected chi connectivity index (χ4v) is 3.92. The Morgan fingerprint density at radius 2 is 1.48 bits per heavy atom. The van der Waals surface area contributed by atoms with Crippen molar-refractivity contribution in [1.82, 2.24) is 10.6 Å². The largest absolute Gasteiger partial charge is 0.480 e. The van der Waals surface area contributed by atoms with Crippen LogP contribution >= 0.6 is 11.8 Å². The second-order valence-corrected chi connectivity index (χ2v) is 8.33. The lowest BCUT2D eigenvalue weighted by molar-refractivity contribution is -0.142. The lowest BCUT2D eigenvalue weighted by atomic mass is 10.1. The Labute approximate surface area is 195 Å². The van der Waals surface area contributed by atoms with Crippen molar-refractivity contribution in [1.29, 1.82) is 0 Å². The second kappa shape index (κ2) is 13.2. The van der Waals surface area contributed by atoms with Gasteiger partial charge in [-0.3, -0.25) is 14.4 Å². The van der Waals surface area contributed by atoms with E-state index in [0.29, 0.717) is 11.3 Å². The third-order valence-electron chi connectivity index (χ3n) is 4.71. The van der Waals surface area contributed by atoms with E-state index in [0.717, 1.165) is 5.56 Å². The smallest absolute Gasteiger partial charge is 0.330 e. The molecule has 0 aromatic heterocycles. The van der Waals surface area contributed by atoms with Crippen molar-refractivity contribution in [2.75, 3.05) is 5.75 Å². The van der Waals surface area contributed by atoms with Crippen LogP contribution in [0.25, 0.3) is 0 Å². The molecule has 33 heavy (non-hydrogen) atoms. The summed E-state index contributed by atoms with van der Waals surface area (Å²) in [6.45, 7) is 0. The lowest BCUT2D eigenvalue weighted by Gasteiger charge is -2.22. The van der Waals surface area contributed by atoms with Gasteiger partial charge >= 0.3 is 11.9 Å². The van der Waals surface area contributed by atoms with E-state index >= 15 is 0 Å². The predicted molar refractivity (Wildman–Crippen MR) is 124 cm³/mol. The Morgan fingerprint density at radius 1 is 0.879 bits per heavy atom. The molecule has 176 valence electrons. The van der Waals surface area contributed by atoms with Gasteiger partial charge in [0.2, 0.25) is 11.8 Å². The van der Waals surface area contributed by atoms with E-state index in [-0.39, 0.29) is 18.6 Å². The molecule has 0 saturated carbocycles. The summed E-state index contributed by atoms with van der Waals surface area (Å²) in [6, 6.07) is 14.3. The van der Waals surface area contributed by atoms with Gasteiger partial charge in [-0.2, -0.15) is 11.8 Å². The molecule has 0 saturated heterocycles. The molecule has 10 heteroatoms. The van der Waals surface area contributed by atoms with Crippen LogP contribution in [0.5, 0.6) is 0 Å². The third-order valence-corrected chi connectivity index (χ3v) is 5.82. The first-order valence-electron chi connectivity index (χ1n) is 10.3. The summed E-state index contributed by atoms with van der Waals surface area (Å²) in [5.41, 5.74) is 6.87. The number of hydrogen-bond donors (Lipinski definition) is 5.